The fourth-order valence-corrected chi connectivity index (χ4v) is 4.64. The van der Waals surface area contributed by atoms with Gasteiger partial charge in [0.1, 0.15) is 17.9 Å². The molecule has 1 aliphatic heterocycles. The van der Waals surface area contributed by atoms with Gasteiger partial charge in [0.2, 0.25) is 5.91 Å². The van der Waals surface area contributed by atoms with Gasteiger partial charge in [0.15, 0.2) is 0 Å². The Kier molecular flexibility index (Phi) is 5.00. The molecule has 1 spiro atoms. The van der Waals surface area contributed by atoms with Gasteiger partial charge < -0.3 is 10.6 Å². The van der Waals surface area contributed by atoms with Crippen LogP contribution in [-0.4, -0.2) is 44.6 Å². The van der Waals surface area contributed by atoms with E-state index >= 15 is 0 Å². The molecule has 8 heteroatoms. The highest BCUT2D eigenvalue weighted by atomic mass is 16.2. The average Bonchev–Trinajstić information content (AvgIpc) is 3.26. The number of carbonyl (C=O) groups is 3. The quantitative estimate of drug-likeness (QED) is 0.606. The van der Waals surface area contributed by atoms with Crippen molar-refractivity contribution in [1.29, 1.82) is 0 Å². The summed E-state index contributed by atoms with van der Waals surface area (Å²) >= 11 is 0. The van der Waals surface area contributed by atoms with Crippen LogP contribution in [0.1, 0.15) is 28.8 Å². The molecule has 0 saturated carbocycles. The largest absolute Gasteiger partial charge is 0.325 e. The van der Waals surface area contributed by atoms with Crippen molar-refractivity contribution >= 4 is 23.7 Å². The van der Waals surface area contributed by atoms with E-state index in [1.165, 1.54) is 5.56 Å². The zero-order valence-electron chi connectivity index (χ0n) is 18.6. The number of aromatic nitrogens is 2. The standard InChI is InChI=1S/C25H25N5O3/c1-16-7-9-20(10-8-16)30-21(13-17(2)28-30)26-22(31)15-29-23(32)25(27-24(29)33)12-11-18-5-3-4-6-19(18)14-25/h3-10,13H,11-12,14-15H2,1-2H3,(H,26,31)(H,27,33). The van der Waals surface area contributed by atoms with Gasteiger partial charge in [-0.05, 0) is 49.9 Å². The molecule has 8 nitrogen and oxygen atoms in total. The van der Waals surface area contributed by atoms with E-state index in [1.54, 1.807) is 10.7 Å². The van der Waals surface area contributed by atoms with E-state index in [4.69, 9.17) is 0 Å². The molecular weight excluding hydrogens is 418 g/mol. The highest BCUT2D eigenvalue weighted by molar-refractivity contribution is 6.10. The first kappa shape index (κ1) is 20.9. The lowest BCUT2D eigenvalue weighted by molar-refractivity contribution is -0.134. The third-order valence-electron chi connectivity index (χ3n) is 6.36. The van der Waals surface area contributed by atoms with Crippen LogP contribution in [0.25, 0.3) is 5.69 Å². The van der Waals surface area contributed by atoms with Gasteiger partial charge in [0.25, 0.3) is 5.91 Å². The van der Waals surface area contributed by atoms with Gasteiger partial charge in [-0.1, -0.05) is 42.0 Å². The maximum Gasteiger partial charge on any atom is 0.325 e. The summed E-state index contributed by atoms with van der Waals surface area (Å²) in [5.41, 5.74) is 3.93. The number of fused-ring (bicyclic) bond motifs is 1. The lowest BCUT2D eigenvalue weighted by atomic mass is 9.78. The Morgan fingerprint density at radius 2 is 1.82 bits per heavy atom. The summed E-state index contributed by atoms with van der Waals surface area (Å²) in [5, 5.41) is 10.1. The van der Waals surface area contributed by atoms with Crippen LogP contribution >= 0.6 is 0 Å². The molecule has 3 aromatic rings. The van der Waals surface area contributed by atoms with Crippen LogP contribution in [0.3, 0.4) is 0 Å². The lowest BCUT2D eigenvalue weighted by Gasteiger charge is -2.32. The predicted molar refractivity (Wildman–Crippen MR) is 123 cm³/mol. The molecule has 1 atom stereocenters. The molecule has 0 bridgehead atoms. The van der Waals surface area contributed by atoms with Crippen LogP contribution in [0.4, 0.5) is 10.6 Å². The van der Waals surface area contributed by atoms with Gasteiger partial charge in [-0.15, -0.1) is 0 Å². The number of nitrogens with zero attached hydrogens (tertiary/aromatic N) is 3. The summed E-state index contributed by atoms with van der Waals surface area (Å²) in [6.07, 6.45) is 1.66. The Morgan fingerprint density at radius 3 is 2.58 bits per heavy atom. The number of carbonyl (C=O) groups excluding carboxylic acids is 3. The summed E-state index contributed by atoms with van der Waals surface area (Å²) in [6.45, 7) is 3.48. The average molecular weight is 444 g/mol. The van der Waals surface area contributed by atoms with Gasteiger partial charge in [0, 0.05) is 12.5 Å². The zero-order valence-corrected chi connectivity index (χ0v) is 18.6. The fraction of sp³-hybridized carbons (Fsp3) is 0.280. The highest BCUT2D eigenvalue weighted by Crippen LogP contribution is 2.33. The number of benzene rings is 2. The third kappa shape index (κ3) is 3.77. The minimum Gasteiger partial charge on any atom is -0.323 e. The van der Waals surface area contributed by atoms with Crippen molar-refractivity contribution in [2.75, 3.05) is 11.9 Å². The first-order chi connectivity index (χ1) is 15.8. The molecule has 2 aliphatic rings. The van der Waals surface area contributed by atoms with E-state index in [0.717, 1.165) is 27.4 Å². The van der Waals surface area contributed by atoms with Crippen LogP contribution < -0.4 is 10.6 Å². The van der Waals surface area contributed by atoms with Gasteiger partial charge in [0.05, 0.1) is 11.4 Å². The molecule has 2 N–H and O–H groups in total. The Labute approximate surface area is 191 Å². The van der Waals surface area contributed by atoms with Crippen LogP contribution in [0.5, 0.6) is 0 Å². The topological polar surface area (TPSA) is 96.3 Å². The number of rotatable bonds is 4. The number of imide groups is 1. The molecule has 4 amide bonds. The molecule has 33 heavy (non-hydrogen) atoms. The number of aryl methyl sites for hydroxylation is 3. The van der Waals surface area contributed by atoms with Gasteiger partial charge in [-0.3, -0.25) is 14.5 Å². The monoisotopic (exact) mass is 443 g/mol. The van der Waals surface area contributed by atoms with Gasteiger partial charge >= 0.3 is 6.03 Å². The van der Waals surface area contributed by atoms with Gasteiger partial charge in [-0.2, -0.15) is 5.10 Å². The maximum atomic E-state index is 13.3. The Hall–Kier alpha value is -3.94. The molecule has 0 radical (unpaired) electrons. The first-order valence-electron chi connectivity index (χ1n) is 11.0. The summed E-state index contributed by atoms with van der Waals surface area (Å²) in [7, 11) is 0. The maximum absolute atomic E-state index is 13.3. The lowest BCUT2D eigenvalue weighted by Crippen LogP contribution is -2.51. The minimum absolute atomic E-state index is 0.347. The molecule has 2 aromatic carbocycles. The van der Waals surface area contributed by atoms with E-state index in [0.29, 0.717) is 25.1 Å². The molecule has 1 unspecified atom stereocenters. The van der Waals surface area contributed by atoms with Crippen molar-refractivity contribution in [3.05, 3.63) is 77.0 Å². The summed E-state index contributed by atoms with van der Waals surface area (Å²) in [4.78, 5) is 39.8. The molecule has 1 aliphatic carbocycles. The SMILES string of the molecule is Cc1ccc(-n2nc(C)cc2NC(=O)CN2C(=O)NC3(CCc4ccccc4C3)C2=O)cc1. The molecule has 1 aromatic heterocycles. The van der Waals surface area contributed by atoms with E-state index in [1.807, 2.05) is 62.4 Å². The Bertz CT molecular complexity index is 1260. The third-order valence-corrected chi connectivity index (χ3v) is 6.36. The van der Waals surface area contributed by atoms with E-state index in [9.17, 15) is 14.4 Å². The molecule has 1 fully saturated rings. The summed E-state index contributed by atoms with van der Waals surface area (Å²) < 4.78 is 1.64. The van der Waals surface area contributed by atoms with Crippen molar-refractivity contribution in [3.8, 4) is 5.69 Å². The second-order valence-corrected chi connectivity index (χ2v) is 8.82. The fourth-order valence-electron chi connectivity index (χ4n) is 4.64. The number of amides is 4. The molecule has 2 heterocycles. The number of anilines is 1. The second-order valence-electron chi connectivity index (χ2n) is 8.82. The van der Waals surface area contributed by atoms with Crippen LogP contribution in [-0.2, 0) is 22.4 Å². The van der Waals surface area contributed by atoms with E-state index < -0.39 is 17.5 Å². The first-order valence-corrected chi connectivity index (χ1v) is 11.0. The number of urea groups is 1. The van der Waals surface area contributed by atoms with Crippen LogP contribution in [0.15, 0.2) is 54.6 Å². The van der Waals surface area contributed by atoms with Gasteiger partial charge in [-0.25, -0.2) is 9.48 Å². The molecule has 1 saturated heterocycles. The molecule has 5 rings (SSSR count). The molecular formula is C25H25N5O3. The predicted octanol–water partition coefficient (Wildman–Crippen LogP) is 2.91. The number of hydrogen-bond donors (Lipinski definition) is 2. The smallest absolute Gasteiger partial charge is 0.323 e. The Balaban J connectivity index is 1.32. The van der Waals surface area contributed by atoms with Crippen molar-refractivity contribution in [2.45, 2.75) is 38.6 Å². The highest BCUT2D eigenvalue weighted by Gasteiger charge is 2.52. The second kappa shape index (κ2) is 7.88. The summed E-state index contributed by atoms with van der Waals surface area (Å²) in [6, 6.07) is 16.9. The van der Waals surface area contributed by atoms with E-state index in [2.05, 4.69) is 15.7 Å². The van der Waals surface area contributed by atoms with Crippen LogP contribution in [0, 0.1) is 13.8 Å². The number of hydrogen-bond acceptors (Lipinski definition) is 4. The van der Waals surface area contributed by atoms with Crippen molar-refractivity contribution < 1.29 is 14.4 Å². The van der Waals surface area contributed by atoms with Crippen molar-refractivity contribution in [3.63, 3.8) is 0 Å². The van der Waals surface area contributed by atoms with E-state index in [-0.39, 0.29) is 12.5 Å². The van der Waals surface area contributed by atoms with Crippen LogP contribution in [0.2, 0.25) is 0 Å². The summed E-state index contributed by atoms with van der Waals surface area (Å²) in [5.74, 6) is -0.324. The normalized spacial score (nSPS) is 19.5. The minimum atomic E-state index is -0.980. The zero-order chi connectivity index (χ0) is 23.2. The Morgan fingerprint density at radius 1 is 1.09 bits per heavy atom. The number of nitrogens with one attached hydrogen (secondary N) is 2. The van der Waals surface area contributed by atoms with Crippen molar-refractivity contribution in [2.24, 2.45) is 0 Å². The van der Waals surface area contributed by atoms with Crippen molar-refractivity contribution in [1.82, 2.24) is 20.0 Å². The molecule has 168 valence electrons.